The van der Waals surface area contributed by atoms with Gasteiger partial charge in [0, 0.05) is 18.7 Å². The second kappa shape index (κ2) is 7.38. The number of hydrogen-bond acceptors (Lipinski definition) is 5. The lowest BCUT2D eigenvalue weighted by molar-refractivity contribution is -0.120. The zero-order chi connectivity index (χ0) is 19.7. The van der Waals surface area contributed by atoms with Crippen molar-refractivity contribution in [2.45, 2.75) is 12.8 Å². The highest BCUT2D eigenvalue weighted by Gasteiger charge is 2.43. The minimum Gasteiger partial charge on any atom is -0.497 e. The minimum absolute atomic E-state index is 0.294. The Balaban J connectivity index is 1.83. The van der Waals surface area contributed by atoms with Gasteiger partial charge in [0.25, 0.3) is 11.8 Å². The predicted octanol–water partition coefficient (Wildman–Crippen LogP) is 3.08. The van der Waals surface area contributed by atoms with E-state index in [1.165, 1.54) is 4.90 Å². The molecule has 6 nitrogen and oxygen atoms in total. The summed E-state index contributed by atoms with van der Waals surface area (Å²) in [6.45, 7) is 1.53. The van der Waals surface area contributed by atoms with Gasteiger partial charge >= 0.3 is 0 Å². The SMILES string of the molecule is COc1ccc(N2C(=O)C(c3ccccc3OC)=C(N3CCCC3)C2=O)cc1. The summed E-state index contributed by atoms with van der Waals surface area (Å²) < 4.78 is 10.7. The molecule has 28 heavy (non-hydrogen) atoms. The van der Waals surface area contributed by atoms with E-state index in [1.54, 1.807) is 44.6 Å². The maximum absolute atomic E-state index is 13.4. The molecule has 0 N–H and O–H groups in total. The molecule has 0 bridgehead atoms. The molecule has 1 fully saturated rings. The number of carbonyl (C=O) groups excluding carboxylic acids is 2. The number of hydrogen-bond donors (Lipinski definition) is 0. The molecule has 0 atom stereocenters. The van der Waals surface area contributed by atoms with E-state index >= 15 is 0 Å². The van der Waals surface area contributed by atoms with Gasteiger partial charge in [0.05, 0.1) is 25.5 Å². The molecule has 0 aliphatic carbocycles. The Hall–Kier alpha value is -3.28. The third kappa shape index (κ3) is 2.91. The maximum Gasteiger partial charge on any atom is 0.282 e. The fourth-order valence-electron chi connectivity index (χ4n) is 3.81. The number of imide groups is 1. The van der Waals surface area contributed by atoms with E-state index in [0.717, 1.165) is 25.9 Å². The Kier molecular flexibility index (Phi) is 4.77. The predicted molar refractivity (Wildman–Crippen MR) is 106 cm³/mol. The highest BCUT2D eigenvalue weighted by Crippen LogP contribution is 2.39. The number of amides is 2. The number of benzene rings is 2. The number of rotatable bonds is 5. The third-order valence-corrected chi connectivity index (χ3v) is 5.19. The Labute approximate surface area is 164 Å². The van der Waals surface area contributed by atoms with Crippen molar-refractivity contribution >= 4 is 23.1 Å². The summed E-state index contributed by atoms with van der Waals surface area (Å²) in [5, 5.41) is 0. The van der Waals surface area contributed by atoms with E-state index in [9.17, 15) is 9.59 Å². The van der Waals surface area contributed by atoms with Gasteiger partial charge in [-0.1, -0.05) is 18.2 Å². The van der Waals surface area contributed by atoms with Gasteiger partial charge in [-0.05, 0) is 43.2 Å². The number of methoxy groups -OCH3 is 2. The van der Waals surface area contributed by atoms with E-state index in [0.29, 0.717) is 34.0 Å². The van der Waals surface area contributed by atoms with Crippen LogP contribution in [0, 0.1) is 0 Å². The molecule has 0 radical (unpaired) electrons. The average molecular weight is 378 g/mol. The first-order chi connectivity index (χ1) is 13.7. The molecule has 2 aromatic rings. The number of carbonyl (C=O) groups is 2. The number of likely N-dealkylation sites (tertiary alicyclic amines) is 1. The highest BCUT2D eigenvalue weighted by atomic mass is 16.5. The van der Waals surface area contributed by atoms with Crippen molar-refractivity contribution in [2.75, 3.05) is 32.2 Å². The Morgan fingerprint density at radius 3 is 2.14 bits per heavy atom. The molecule has 144 valence electrons. The van der Waals surface area contributed by atoms with Gasteiger partial charge < -0.3 is 14.4 Å². The topological polar surface area (TPSA) is 59.1 Å². The quantitative estimate of drug-likeness (QED) is 0.749. The van der Waals surface area contributed by atoms with Crippen LogP contribution in [-0.2, 0) is 9.59 Å². The normalized spacial score (nSPS) is 16.9. The molecule has 2 aliphatic heterocycles. The van der Waals surface area contributed by atoms with E-state index in [1.807, 2.05) is 23.1 Å². The summed E-state index contributed by atoms with van der Waals surface area (Å²) >= 11 is 0. The summed E-state index contributed by atoms with van der Waals surface area (Å²) in [6.07, 6.45) is 2.01. The van der Waals surface area contributed by atoms with Crippen molar-refractivity contribution in [3.63, 3.8) is 0 Å². The van der Waals surface area contributed by atoms with E-state index < -0.39 is 0 Å². The monoisotopic (exact) mass is 378 g/mol. The van der Waals surface area contributed by atoms with Crippen LogP contribution in [0.1, 0.15) is 18.4 Å². The van der Waals surface area contributed by atoms with Crippen LogP contribution < -0.4 is 14.4 Å². The molecule has 0 aromatic heterocycles. The van der Waals surface area contributed by atoms with E-state index in [2.05, 4.69) is 0 Å². The van der Waals surface area contributed by atoms with Crippen LogP contribution in [0.4, 0.5) is 5.69 Å². The summed E-state index contributed by atoms with van der Waals surface area (Å²) in [4.78, 5) is 30.1. The van der Waals surface area contributed by atoms with Gasteiger partial charge in [-0.15, -0.1) is 0 Å². The summed E-state index contributed by atoms with van der Waals surface area (Å²) in [5.41, 5.74) is 2.03. The third-order valence-electron chi connectivity index (χ3n) is 5.19. The van der Waals surface area contributed by atoms with Crippen LogP contribution in [0.3, 0.4) is 0 Å². The van der Waals surface area contributed by atoms with Crippen LogP contribution in [0.5, 0.6) is 11.5 Å². The smallest absolute Gasteiger partial charge is 0.282 e. The fraction of sp³-hybridized carbons (Fsp3) is 0.273. The molecule has 0 saturated carbocycles. The summed E-state index contributed by atoms with van der Waals surface area (Å²) in [7, 11) is 3.14. The van der Waals surface area contributed by atoms with Crippen molar-refractivity contribution in [1.82, 2.24) is 4.90 Å². The highest BCUT2D eigenvalue weighted by molar-refractivity contribution is 6.45. The van der Waals surface area contributed by atoms with Gasteiger partial charge in [0.15, 0.2) is 0 Å². The summed E-state index contributed by atoms with van der Waals surface area (Å²) in [6, 6.07) is 14.3. The molecule has 2 aliphatic rings. The number of ether oxygens (including phenoxy) is 2. The first-order valence-corrected chi connectivity index (χ1v) is 9.31. The van der Waals surface area contributed by atoms with Crippen LogP contribution in [0.25, 0.3) is 5.57 Å². The second-order valence-electron chi connectivity index (χ2n) is 6.76. The minimum atomic E-state index is -0.332. The molecule has 1 saturated heterocycles. The van der Waals surface area contributed by atoms with Gasteiger partial charge in [-0.3, -0.25) is 9.59 Å². The first kappa shape index (κ1) is 18.1. The van der Waals surface area contributed by atoms with Crippen LogP contribution >= 0.6 is 0 Å². The Morgan fingerprint density at radius 2 is 1.50 bits per heavy atom. The van der Waals surface area contributed by atoms with E-state index in [-0.39, 0.29) is 11.8 Å². The maximum atomic E-state index is 13.4. The van der Waals surface area contributed by atoms with Gasteiger partial charge in [0.2, 0.25) is 0 Å². The lowest BCUT2D eigenvalue weighted by atomic mass is 10.0. The average Bonchev–Trinajstić information content (AvgIpc) is 3.34. The Morgan fingerprint density at radius 1 is 0.821 bits per heavy atom. The van der Waals surface area contributed by atoms with Gasteiger partial charge in [-0.25, -0.2) is 4.90 Å². The zero-order valence-electron chi connectivity index (χ0n) is 16.0. The molecule has 2 amide bonds. The Bertz CT molecular complexity index is 943. The molecule has 6 heteroatoms. The van der Waals surface area contributed by atoms with Gasteiger partial charge in [0.1, 0.15) is 17.2 Å². The molecule has 2 heterocycles. The van der Waals surface area contributed by atoms with Crippen molar-refractivity contribution in [3.8, 4) is 11.5 Å². The van der Waals surface area contributed by atoms with Crippen LogP contribution in [-0.4, -0.2) is 44.0 Å². The number of anilines is 1. The standard InChI is InChI=1S/C22H22N2O4/c1-27-16-11-9-15(10-12-16)24-21(25)19(17-7-3-4-8-18(17)28-2)20(22(24)26)23-13-5-6-14-23/h3-4,7-12H,5-6,13-14H2,1-2H3. The molecule has 2 aromatic carbocycles. The fourth-order valence-corrected chi connectivity index (χ4v) is 3.81. The zero-order valence-corrected chi connectivity index (χ0v) is 16.0. The van der Waals surface area contributed by atoms with Crippen LogP contribution in [0.15, 0.2) is 54.2 Å². The van der Waals surface area contributed by atoms with E-state index in [4.69, 9.17) is 9.47 Å². The first-order valence-electron chi connectivity index (χ1n) is 9.31. The second-order valence-corrected chi connectivity index (χ2v) is 6.76. The lowest BCUT2D eigenvalue weighted by Gasteiger charge is -2.20. The number of para-hydroxylation sites is 1. The summed E-state index contributed by atoms with van der Waals surface area (Å²) in [5.74, 6) is 0.618. The number of nitrogens with zero attached hydrogens (tertiary/aromatic N) is 2. The lowest BCUT2D eigenvalue weighted by Crippen LogP contribution is -2.34. The van der Waals surface area contributed by atoms with Crippen molar-refractivity contribution in [1.29, 1.82) is 0 Å². The van der Waals surface area contributed by atoms with Crippen molar-refractivity contribution in [3.05, 3.63) is 59.8 Å². The van der Waals surface area contributed by atoms with Crippen molar-refractivity contribution in [2.24, 2.45) is 0 Å². The molecule has 0 unspecified atom stereocenters. The molecule has 4 rings (SSSR count). The van der Waals surface area contributed by atoms with Crippen molar-refractivity contribution < 1.29 is 19.1 Å². The van der Waals surface area contributed by atoms with Gasteiger partial charge in [-0.2, -0.15) is 0 Å². The molecular formula is C22H22N2O4. The largest absolute Gasteiger partial charge is 0.497 e. The molecular weight excluding hydrogens is 356 g/mol. The molecule has 0 spiro atoms. The van der Waals surface area contributed by atoms with Crippen LogP contribution in [0.2, 0.25) is 0 Å².